The van der Waals surface area contributed by atoms with Gasteiger partial charge in [0.2, 0.25) is 0 Å². The van der Waals surface area contributed by atoms with Gasteiger partial charge in [-0.05, 0) is 68.4 Å². The van der Waals surface area contributed by atoms with Gasteiger partial charge >= 0.3 is 11.8 Å². The number of ether oxygens (including phenoxy) is 2. The summed E-state index contributed by atoms with van der Waals surface area (Å²) in [6.07, 6.45) is 1.51. The van der Waals surface area contributed by atoms with Crippen LogP contribution in [0.4, 0.5) is 5.69 Å². The van der Waals surface area contributed by atoms with Crippen LogP contribution in [0.15, 0.2) is 59.7 Å². The fourth-order valence-electron chi connectivity index (χ4n) is 3.12. The molecule has 3 rings (SSSR count). The van der Waals surface area contributed by atoms with E-state index >= 15 is 0 Å². The molecule has 0 aliphatic carbocycles. The van der Waals surface area contributed by atoms with Gasteiger partial charge in [0.15, 0.2) is 0 Å². The lowest BCUT2D eigenvalue weighted by Crippen LogP contribution is -2.32. The molecule has 160 valence electrons. The molecule has 0 spiro atoms. The van der Waals surface area contributed by atoms with E-state index in [0.29, 0.717) is 11.4 Å². The quantitative estimate of drug-likeness (QED) is 0.364. The van der Waals surface area contributed by atoms with Crippen molar-refractivity contribution in [1.82, 2.24) is 9.99 Å². The van der Waals surface area contributed by atoms with Crippen molar-refractivity contribution in [3.8, 4) is 17.2 Å². The smallest absolute Gasteiger partial charge is 0.329 e. The molecular weight excluding hydrogens is 396 g/mol. The van der Waals surface area contributed by atoms with Crippen LogP contribution >= 0.6 is 0 Å². The van der Waals surface area contributed by atoms with Gasteiger partial charge < -0.3 is 19.4 Å². The van der Waals surface area contributed by atoms with Crippen LogP contribution in [0.1, 0.15) is 17.0 Å². The first-order chi connectivity index (χ1) is 14.9. The van der Waals surface area contributed by atoms with Gasteiger partial charge in [0.1, 0.15) is 11.5 Å². The summed E-state index contributed by atoms with van der Waals surface area (Å²) >= 11 is 0. The Kier molecular flexibility index (Phi) is 6.71. The summed E-state index contributed by atoms with van der Waals surface area (Å²) in [4.78, 5) is 24.1. The van der Waals surface area contributed by atoms with Crippen LogP contribution < -0.4 is 20.2 Å². The predicted octanol–water partition coefficient (Wildman–Crippen LogP) is 3.20. The molecular formula is C23H24N4O4. The van der Waals surface area contributed by atoms with E-state index in [0.717, 1.165) is 28.4 Å². The van der Waals surface area contributed by atoms with Crippen molar-refractivity contribution >= 4 is 23.7 Å². The van der Waals surface area contributed by atoms with E-state index < -0.39 is 11.8 Å². The summed E-state index contributed by atoms with van der Waals surface area (Å²) < 4.78 is 12.3. The standard InChI is InChI=1S/C23H24N4O4/c1-15-13-17(16(2)27(15)19-7-11-21(31-4)12-8-19)14-24-26-23(29)22(28)25-18-5-9-20(30-3)10-6-18/h5-14H,1-4H3,(H,25,28)(H,26,29)/b24-14-. The lowest BCUT2D eigenvalue weighted by atomic mass is 10.2. The van der Waals surface area contributed by atoms with Crippen molar-refractivity contribution in [2.45, 2.75) is 13.8 Å². The zero-order valence-corrected chi connectivity index (χ0v) is 17.8. The number of hydrazone groups is 1. The van der Waals surface area contributed by atoms with E-state index in [-0.39, 0.29) is 0 Å². The first-order valence-electron chi connectivity index (χ1n) is 9.54. The highest BCUT2D eigenvalue weighted by atomic mass is 16.5. The third-order valence-corrected chi connectivity index (χ3v) is 4.72. The number of benzene rings is 2. The largest absolute Gasteiger partial charge is 0.497 e. The Morgan fingerprint density at radius 1 is 0.903 bits per heavy atom. The number of aryl methyl sites for hydroxylation is 1. The molecule has 0 saturated heterocycles. The highest BCUT2D eigenvalue weighted by Gasteiger charge is 2.14. The minimum Gasteiger partial charge on any atom is -0.497 e. The number of carbonyl (C=O) groups is 2. The number of carbonyl (C=O) groups excluding carboxylic acids is 2. The second kappa shape index (κ2) is 9.62. The van der Waals surface area contributed by atoms with Crippen molar-refractivity contribution in [1.29, 1.82) is 0 Å². The van der Waals surface area contributed by atoms with E-state index in [1.54, 1.807) is 38.5 Å². The maximum absolute atomic E-state index is 12.0. The van der Waals surface area contributed by atoms with Gasteiger partial charge in [-0.2, -0.15) is 5.10 Å². The Bertz CT molecular complexity index is 1100. The molecule has 0 atom stereocenters. The first kappa shape index (κ1) is 21.6. The monoisotopic (exact) mass is 420 g/mol. The highest BCUT2D eigenvalue weighted by molar-refractivity contribution is 6.39. The number of nitrogens with one attached hydrogen (secondary N) is 2. The van der Waals surface area contributed by atoms with Gasteiger partial charge in [0.25, 0.3) is 0 Å². The normalized spacial score (nSPS) is 10.7. The molecule has 2 N–H and O–H groups in total. The van der Waals surface area contributed by atoms with Crippen LogP contribution in [-0.2, 0) is 9.59 Å². The Hall–Kier alpha value is -4.07. The molecule has 0 saturated carbocycles. The molecule has 2 amide bonds. The van der Waals surface area contributed by atoms with Crippen LogP contribution in [0.25, 0.3) is 5.69 Å². The summed E-state index contributed by atoms with van der Waals surface area (Å²) in [6.45, 7) is 3.94. The van der Waals surface area contributed by atoms with Crippen LogP contribution in [0.2, 0.25) is 0 Å². The van der Waals surface area contributed by atoms with Crippen LogP contribution in [0.3, 0.4) is 0 Å². The molecule has 0 aliphatic rings. The summed E-state index contributed by atoms with van der Waals surface area (Å²) in [5.74, 6) is -0.245. The maximum atomic E-state index is 12.0. The van der Waals surface area contributed by atoms with E-state index in [4.69, 9.17) is 9.47 Å². The number of anilines is 1. The number of rotatable bonds is 6. The molecule has 0 radical (unpaired) electrons. The number of aromatic nitrogens is 1. The average Bonchev–Trinajstić information content (AvgIpc) is 3.07. The van der Waals surface area contributed by atoms with Gasteiger partial charge in [-0.25, -0.2) is 5.43 Å². The fraction of sp³-hybridized carbons (Fsp3) is 0.174. The van der Waals surface area contributed by atoms with Crippen LogP contribution in [0.5, 0.6) is 11.5 Å². The molecule has 2 aromatic carbocycles. The van der Waals surface area contributed by atoms with Gasteiger partial charge in [-0.3, -0.25) is 9.59 Å². The van der Waals surface area contributed by atoms with Crippen molar-refractivity contribution < 1.29 is 19.1 Å². The Morgan fingerprint density at radius 3 is 2.06 bits per heavy atom. The van der Waals surface area contributed by atoms with E-state index in [2.05, 4.69) is 20.4 Å². The van der Waals surface area contributed by atoms with Gasteiger partial charge in [-0.1, -0.05) is 0 Å². The van der Waals surface area contributed by atoms with Crippen LogP contribution in [-0.4, -0.2) is 36.8 Å². The highest BCUT2D eigenvalue weighted by Crippen LogP contribution is 2.22. The molecule has 8 nitrogen and oxygen atoms in total. The second-order valence-electron chi connectivity index (χ2n) is 6.74. The minimum atomic E-state index is -0.865. The second-order valence-corrected chi connectivity index (χ2v) is 6.74. The molecule has 1 aromatic heterocycles. The Balaban J connectivity index is 1.64. The number of hydrogen-bond acceptors (Lipinski definition) is 5. The molecule has 0 unspecified atom stereocenters. The lowest BCUT2D eigenvalue weighted by molar-refractivity contribution is -0.136. The van der Waals surface area contributed by atoms with Crippen LogP contribution in [0, 0.1) is 13.8 Å². The zero-order valence-electron chi connectivity index (χ0n) is 17.8. The SMILES string of the molecule is COc1ccc(NC(=O)C(=O)N/N=C\c2cc(C)n(-c3ccc(OC)cc3)c2C)cc1. The van der Waals surface area contributed by atoms with E-state index in [1.807, 2.05) is 44.2 Å². The summed E-state index contributed by atoms with van der Waals surface area (Å²) in [5.41, 5.74) is 6.49. The minimum absolute atomic E-state index is 0.480. The van der Waals surface area contributed by atoms with E-state index in [1.165, 1.54) is 6.21 Å². The number of amides is 2. The lowest BCUT2D eigenvalue weighted by Gasteiger charge is -2.10. The van der Waals surface area contributed by atoms with Gasteiger partial charge in [0, 0.05) is 28.3 Å². The summed E-state index contributed by atoms with van der Waals surface area (Å²) in [7, 11) is 3.18. The Morgan fingerprint density at radius 2 is 1.48 bits per heavy atom. The van der Waals surface area contributed by atoms with E-state index in [9.17, 15) is 9.59 Å². The molecule has 3 aromatic rings. The molecule has 0 bridgehead atoms. The summed E-state index contributed by atoms with van der Waals surface area (Å²) in [6, 6.07) is 16.3. The number of nitrogens with zero attached hydrogens (tertiary/aromatic N) is 2. The maximum Gasteiger partial charge on any atom is 0.329 e. The van der Waals surface area contributed by atoms with Crippen molar-refractivity contribution in [3.05, 3.63) is 71.5 Å². The Labute approximate surface area is 180 Å². The molecule has 8 heteroatoms. The third-order valence-electron chi connectivity index (χ3n) is 4.72. The molecule has 0 fully saturated rings. The number of methoxy groups -OCH3 is 2. The molecule has 0 aliphatic heterocycles. The molecule has 31 heavy (non-hydrogen) atoms. The predicted molar refractivity (Wildman–Crippen MR) is 119 cm³/mol. The van der Waals surface area contributed by atoms with Crippen molar-refractivity contribution in [2.75, 3.05) is 19.5 Å². The molecule has 1 heterocycles. The summed E-state index contributed by atoms with van der Waals surface area (Å²) in [5, 5.41) is 6.43. The zero-order chi connectivity index (χ0) is 22.4. The van der Waals surface area contributed by atoms with Crippen molar-refractivity contribution in [3.63, 3.8) is 0 Å². The first-order valence-corrected chi connectivity index (χ1v) is 9.54. The fourth-order valence-corrected chi connectivity index (χ4v) is 3.12. The topological polar surface area (TPSA) is 94.0 Å². The average molecular weight is 420 g/mol. The van der Waals surface area contributed by atoms with Gasteiger partial charge in [0.05, 0.1) is 20.4 Å². The van der Waals surface area contributed by atoms with Crippen molar-refractivity contribution in [2.24, 2.45) is 5.10 Å². The third kappa shape index (κ3) is 5.11. The number of hydrogen-bond donors (Lipinski definition) is 2. The van der Waals surface area contributed by atoms with Gasteiger partial charge in [-0.15, -0.1) is 0 Å².